The highest BCUT2D eigenvalue weighted by Crippen LogP contribution is 2.19. The first-order chi connectivity index (χ1) is 9.41. The summed E-state index contributed by atoms with van der Waals surface area (Å²) in [6, 6.07) is 7.60. The van der Waals surface area contributed by atoms with Gasteiger partial charge in [0.2, 0.25) is 11.8 Å². The van der Waals surface area contributed by atoms with Gasteiger partial charge in [-0.25, -0.2) is 0 Å². The molecule has 0 saturated heterocycles. The van der Waals surface area contributed by atoms with Crippen LogP contribution in [-0.2, 0) is 16.0 Å². The second-order valence-corrected chi connectivity index (χ2v) is 5.13. The quantitative estimate of drug-likeness (QED) is 0.618. The van der Waals surface area contributed by atoms with Gasteiger partial charge >= 0.3 is 0 Å². The van der Waals surface area contributed by atoms with Gasteiger partial charge in [0.15, 0.2) is 0 Å². The van der Waals surface area contributed by atoms with Gasteiger partial charge in [-0.1, -0.05) is 25.1 Å². The largest absolute Gasteiger partial charge is 0.352 e. The number of rotatable bonds is 6. The molecule has 0 aromatic heterocycles. The number of benzene rings is 1. The third-order valence-corrected chi connectivity index (χ3v) is 3.16. The molecule has 1 aromatic carbocycles. The lowest BCUT2D eigenvalue weighted by atomic mass is 9.91. The molecule has 0 aliphatic rings. The summed E-state index contributed by atoms with van der Waals surface area (Å²) in [4.78, 5) is 24.1. The van der Waals surface area contributed by atoms with Gasteiger partial charge in [-0.15, -0.1) is 6.58 Å². The average molecular weight is 274 g/mol. The number of amides is 2. The molecule has 0 saturated carbocycles. The molecule has 4 heteroatoms. The highest BCUT2D eigenvalue weighted by Gasteiger charge is 2.35. The number of anilines is 1. The molecule has 0 fully saturated rings. The minimum atomic E-state index is -1.13. The molecule has 1 aromatic rings. The minimum absolute atomic E-state index is 0.319. The molecular weight excluding hydrogens is 252 g/mol. The molecule has 0 spiro atoms. The topological polar surface area (TPSA) is 58.2 Å². The van der Waals surface area contributed by atoms with Crippen LogP contribution in [0, 0.1) is 5.41 Å². The summed E-state index contributed by atoms with van der Waals surface area (Å²) in [6.45, 7) is 9.14. The Bertz CT molecular complexity index is 490. The SMILES string of the molecule is C=CCNC(=O)C(C)(C)C(=O)Nc1ccc(CC)cc1. The van der Waals surface area contributed by atoms with Gasteiger partial charge in [0.1, 0.15) is 5.41 Å². The molecule has 0 aliphatic carbocycles. The zero-order valence-corrected chi connectivity index (χ0v) is 12.3. The van der Waals surface area contributed by atoms with Gasteiger partial charge in [-0.2, -0.15) is 0 Å². The maximum atomic E-state index is 12.2. The average Bonchev–Trinajstić information content (AvgIpc) is 2.45. The standard InChI is InChI=1S/C16H22N2O2/c1-5-11-17-14(19)16(3,4)15(20)18-13-9-7-12(6-2)8-10-13/h5,7-10H,1,6,11H2,2-4H3,(H,17,19)(H,18,20). The summed E-state index contributed by atoms with van der Waals surface area (Å²) in [5, 5.41) is 5.40. The zero-order chi connectivity index (χ0) is 15.2. The van der Waals surface area contributed by atoms with E-state index in [0.717, 1.165) is 6.42 Å². The molecule has 2 N–H and O–H groups in total. The fourth-order valence-corrected chi connectivity index (χ4v) is 1.60. The van der Waals surface area contributed by atoms with E-state index >= 15 is 0 Å². The summed E-state index contributed by atoms with van der Waals surface area (Å²) in [5.74, 6) is -0.650. The Kier molecular flexibility index (Phi) is 5.50. The van der Waals surface area contributed by atoms with Crippen molar-refractivity contribution in [2.45, 2.75) is 27.2 Å². The fraction of sp³-hybridized carbons (Fsp3) is 0.375. The van der Waals surface area contributed by atoms with E-state index < -0.39 is 5.41 Å². The highest BCUT2D eigenvalue weighted by atomic mass is 16.2. The van der Waals surface area contributed by atoms with Crippen LogP contribution in [0.4, 0.5) is 5.69 Å². The molecule has 20 heavy (non-hydrogen) atoms. The van der Waals surface area contributed by atoms with Gasteiger partial charge in [0.25, 0.3) is 0 Å². The van der Waals surface area contributed by atoms with Gasteiger partial charge in [0, 0.05) is 12.2 Å². The smallest absolute Gasteiger partial charge is 0.239 e. The van der Waals surface area contributed by atoms with Crippen LogP contribution < -0.4 is 10.6 Å². The molecule has 108 valence electrons. The van der Waals surface area contributed by atoms with Crippen LogP contribution in [0.1, 0.15) is 26.3 Å². The third kappa shape index (κ3) is 3.95. The van der Waals surface area contributed by atoms with Gasteiger partial charge in [-0.3, -0.25) is 9.59 Å². The van der Waals surface area contributed by atoms with Crippen LogP contribution in [-0.4, -0.2) is 18.4 Å². The molecule has 0 unspecified atom stereocenters. The second-order valence-electron chi connectivity index (χ2n) is 5.13. The van der Waals surface area contributed by atoms with E-state index in [-0.39, 0.29) is 11.8 Å². The van der Waals surface area contributed by atoms with Crippen LogP contribution in [0.5, 0.6) is 0 Å². The van der Waals surface area contributed by atoms with Crippen molar-refractivity contribution in [2.75, 3.05) is 11.9 Å². The van der Waals surface area contributed by atoms with Gasteiger partial charge in [0.05, 0.1) is 0 Å². The summed E-state index contributed by atoms with van der Waals surface area (Å²) in [6.07, 6.45) is 2.53. The van der Waals surface area contributed by atoms with Crippen LogP contribution in [0.25, 0.3) is 0 Å². The predicted molar refractivity (Wildman–Crippen MR) is 81.4 cm³/mol. The van der Waals surface area contributed by atoms with Crippen LogP contribution in [0.15, 0.2) is 36.9 Å². The summed E-state index contributed by atoms with van der Waals surface area (Å²) >= 11 is 0. The van der Waals surface area contributed by atoms with E-state index in [1.807, 2.05) is 24.3 Å². The number of aryl methyl sites for hydroxylation is 1. The van der Waals surface area contributed by atoms with Gasteiger partial charge in [-0.05, 0) is 38.0 Å². The van der Waals surface area contributed by atoms with Crippen molar-refractivity contribution in [1.29, 1.82) is 0 Å². The predicted octanol–water partition coefficient (Wildman–Crippen LogP) is 2.52. The Morgan fingerprint density at radius 3 is 2.30 bits per heavy atom. The van der Waals surface area contributed by atoms with E-state index in [9.17, 15) is 9.59 Å². The number of hydrogen-bond acceptors (Lipinski definition) is 2. The molecule has 1 rings (SSSR count). The van der Waals surface area contributed by atoms with Crippen molar-refractivity contribution >= 4 is 17.5 Å². The monoisotopic (exact) mass is 274 g/mol. The Labute approximate surface area is 120 Å². The first-order valence-corrected chi connectivity index (χ1v) is 6.71. The summed E-state index contributed by atoms with van der Waals surface area (Å²) in [7, 11) is 0. The van der Waals surface area contributed by atoms with E-state index in [1.54, 1.807) is 19.9 Å². The highest BCUT2D eigenvalue weighted by molar-refractivity contribution is 6.09. The number of hydrogen-bond donors (Lipinski definition) is 2. The third-order valence-electron chi connectivity index (χ3n) is 3.16. The molecule has 0 radical (unpaired) electrons. The second kappa shape index (κ2) is 6.89. The van der Waals surface area contributed by atoms with Crippen molar-refractivity contribution in [1.82, 2.24) is 5.32 Å². The van der Waals surface area contributed by atoms with E-state index in [1.165, 1.54) is 5.56 Å². The normalized spacial score (nSPS) is 10.8. The van der Waals surface area contributed by atoms with Crippen LogP contribution in [0.2, 0.25) is 0 Å². The lowest BCUT2D eigenvalue weighted by Gasteiger charge is -2.22. The Hall–Kier alpha value is -2.10. The van der Waals surface area contributed by atoms with Crippen molar-refractivity contribution in [3.05, 3.63) is 42.5 Å². The number of carbonyl (C=O) groups excluding carboxylic acids is 2. The Morgan fingerprint density at radius 1 is 1.20 bits per heavy atom. The molecular formula is C16H22N2O2. The van der Waals surface area contributed by atoms with E-state index in [0.29, 0.717) is 12.2 Å². The minimum Gasteiger partial charge on any atom is -0.352 e. The molecule has 0 atom stereocenters. The Morgan fingerprint density at radius 2 is 1.80 bits per heavy atom. The van der Waals surface area contributed by atoms with E-state index in [2.05, 4.69) is 24.1 Å². The maximum absolute atomic E-state index is 12.2. The van der Waals surface area contributed by atoms with Crippen molar-refractivity contribution in [3.8, 4) is 0 Å². The first kappa shape index (κ1) is 16.0. The fourth-order valence-electron chi connectivity index (χ4n) is 1.60. The number of nitrogens with one attached hydrogen (secondary N) is 2. The molecule has 0 heterocycles. The van der Waals surface area contributed by atoms with Gasteiger partial charge < -0.3 is 10.6 Å². The van der Waals surface area contributed by atoms with Crippen LogP contribution >= 0.6 is 0 Å². The first-order valence-electron chi connectivity index (χ1n) is 6.71. The zero-order valence-electron chi connectivity index (χ0n) is 12.3. The molecule has 0 bridgehead atoms. The molecule has 2 amide bonds. The van der Waals surface area contributed by atoms with E-state index in [4.69, 9.17) is 0 Å². The van der Waals surface area contributed by atoms with Crippen molar-refractivity contribution in [3.63, 3.8) is 0 Å². The Balaban J connectivity index is 2.72. The summed E-state index contributed by atoms with van der Waals surface area (Å²) < 4.78 is 0. The van der Waals surface area contributed by atoms with Crippen LogP contribution in [0.3, 0.4) is 0 Å². The maximum Gasteiger partial charge on any atom is 0.239 e. The lowest BCUT2D eigenvalue weighted by Crippen LogP contribution is -2.45. The lowest BCUT2D eigenvalue weighted by molar-refractivity contribution is -0.138. The summed E-state index contributed by atoms with van der Waals surface area (Å²) in [5.41, 5.74) is 0.759. The van der Waals surface area contributed by atoms with Crippen molar-refractivity contribution in [2.24, 2.45) is 5.41 Å². The number of carbonyl (C=O) groups is 2. The van der Waals surface area contributed by atoms with Crippen molar-refractivity contribution < 1.29 is 9.59 Å². The molecule has 0 aliphatic heterocycles. The molecule has 4 nitrogen and oxygen atoms in total.